The number of nitrogens with zero attached hydrogens (tertiary/aromatic N) is 2. The molecule has 21 heavy (non-hydrogen) atoms. The van der Waals surface area contributed by atoms with Crippen molar-refractivity contribution in [1.29, 1.82) is 0 Å². The van der Waals surface area contributed by atoms with Gasteiger partial charge in [0, 0.05) is 0 Å². The van der Waals surface area contributed by atoms with Crippen molar-refractivity contribution in [3.05, 3.63) is 40.9 Å². The summed E-state index contributed by atoms with van der Waals surface area (Å²) in [7, 11) is 0. The van der Waals surface area contributed by atoms with Gasteiger partial charge in [-0.15, -0.1) is 10.2 Å². The molecule has 0 aliphatic carbocycles. The van der Waals surface area contributed by atoms with Crippen LogP contribution in [0.2, 0.25) is 0 Å². The first-order valence-electron chi connectivity index (χ1n) is 6.96. The molecule has 1 aromatic carbocycles. The highest BCUT2D eigenvalue weighted by Crippen LogP contribution is 2.22. The zero-order valence-electron chi connectivity index (χ0n) is 12.2. The first kappa shape index (κ1) is 16.0. The topological polar surface area (TPSA) is 54.9 Å². The van der Waals surface area contributed by atoms with Gasteiger partial charge in [-0.25, -0.2) is 0 Å². The minimum Gasteiger partial charge on any atom is -0.349 e. The number of aromatic nitrogens is 2. The van der Waals surface area contributed by atoms with Crippen LogP contribution < -0.4 is 5.32 Å². The molecule has 0 saturated carbocycles. The Morgan fingerprint density at radius 3 is 2.71 bits per heavy atom. The van der Waals surface area contributed by atoms with Gasteiger partial charge in [-0.05, 0) is 18.9 Å². The van der Waals surface area contributed by atoms with Crippen LogP contribution in [0.15, 0.2) is 34.7 Å². The molecule has 1 aromatic heterocycles. The molecular weight excluding hydrogens is 302 g/mol. The minimum absolute atomic E-state index is 0.0372. The maximum Gasteiger partial charge on any atom is 0.230 e. The molecule has 0 saturated heterocycles. The van der Waals surface area contributed by atoms with Crippen molar-refractivity contribution in [1.82, 2.24) is 15.5 Å². The Labute approximate surface area is 133 Å². The number of nitrogens with one attached hydrogen (secondary N) is 1. The van der Waals surface area contributed by atoms with Crippen molar-refractivity contribution in [3.63, 3.8) is 0 Å². The molecule has 2 rings (SSSR count). The molecule has 6 heteroatoms. The Bertz CT molecular complexity index is 571. The van der Waals surface area contributed by atoms with Crippen molar-refractivity contribution >= 4 is 29.0 Å². The average Bonchev–Trinajstić information content (AvgIpc) is 2.91. The predicted molar refractivity (Wildman–Crippen MR) is 87.6 cm³/mol. The Morgan fingerprint density at radius 2 is 2.10 bits per heavy atom. The first-order valence-corrected chi connectivity index (χ1v) is 8.76. The fourth-order valence-corrected chi connectivity index (χ4v) is 3.62. The standard InChI is InChI=1S/C15H19N3OS2/c1-3-7-13(12-8-5-4-6-9-12)16-14(19)10-20-15-18-17-11(2)21-15/h4-6,8-9,13H,3,7,10H2,1-2H3,(H,16,19)/t13-/m0/s1. The number of carbonyl (C=O) groups is 1. The van der Waals surface area contributed by atoms with Crippen LogP contribution in [0.3, 0.4) is 0 Å². The monoisotopic (exact) mass is 321 g/mol. The smallest absolute Gasteiger partial charge is 0.230 e. The van der Waals surface area contributed by atoms with Gasteiger partial charge in [0.25, 0.3) is 0 Å². The summed E-state index contributed by atoms with van der Waals surface area (Å²) in [6.07, 6.45) is 1.97. The van der Waals surface area contributed by atoms with Crippen LogP contribution >= 0.6 is 23.1 Å². The molecule has 0 unspecified atom stereocenters. The molecule has 4 nitrogen and oxygen atoms in total. The molecule has 0 bridgehead atoms. The van der Waals surface area contributed by atoms with E-state index >= 15 is 0 Å². The van der Waals surface area contributed by atoms with E-state index in [2.05, 4.69) is 34.6 Å². The Hall–Kier alpha value is -1.40. The van der Waals surface area contributed by atoms with E-state index in [9.17, 15) is 4.79 Å². The van der Waals surface area contributed by atoms with Crippen LogP contribution in [-0.4, -0.2) is 21.9 Å². The van der Waals surface area contributed by atoms with Gasteiger partial charge in [0.2, 0.25) is 5.91 Å². The zero-order valence-corrected chi connectivity index (χ0v) is 13.8. The average molecular weight is 321 g/mol. The van der Waals surface area contributed by atoms with Gasteiger partial charge in [0.05, 0.1) is 11.8 Å². The van der Waals surface area contributed by atoms with E-state index in [0.717, 1.165) is 27.8 Å². The molecule has 0 fully saturated rings. The lowest BCUT2D eigenvalue weighted by molar-refractivity contribution is -0.119. The Kier molecular flexibility index (Phi) is 6.20. The van der Waals surface area contributed by atoms with Crippen LogP contribution in [0, 0.1) is 6.92 Å². The van der Waals surface area contributed by atoms with E-state index in [4.69, 9.17) is 0 Å². The number of hydrogen-bond donors (Lipinski definition) is 1. The highest BCUT2D eigenvalue weighted by atomic mass is 32.2. The number of hydrogen-bond acceptors (Lipinski definition) is 5. The second-order valence-electron chi connectivity index (χ2n) is 4.70. The second-order valence-corrected chi connectivity index (χ2v) is 7.10. The quantitative estimate of drug-likeness (QED) is 0.792. The maximum atomic E-state index is 12.1. The number of rotatable bonds is 7. The largest absolute Gasteiger partial charge is 0.349 e. The van der Waals surface area contributed by atoms with E-state index in [-0.39, 0.29) is 11.9 Å². The van der Waals surface area contributed by atoms with Gasteiger partial charge in [-0.2, -0.15) is 0 Å². The van der Waals surface area contributed by atoms with Gasteiger partial charge in [-0.3, -0.25) is 4.79 Å². The molecule has 1 amide bonds. The number of carbonyl (C=O) groups excluding carboxylic acids is 1. The van der Waals surface area contributed by atoms with Crippen molar-refractivity contribution in [2.45, 2.75) is 37.1 Å². The van der Waals surface area contributed by atoms with E-state index in [1.807, 2.05) is 25.1 Å². The molecule has 0 spiro atoms. The Morgan fingerprint density at radius 1 is 1.33 bits per heavy atom. The molecule has 0 aliphatic rings. The van der Waals surface area contributed by atoms with E-state index in [0.29, 0.717) is 5.75 Å². The summed E-state index contributed by atoms with van der Waals surface area (Å²) < 4.78 is 0.842. The van der Waals surface area contributed by atoms with Crippen LogP contribution in [0.1, 0.15) is 36.4 Å². The normalized spacial score (nSPS) is 12.1. The second kappa shape index (κ2) is 8.14. The van der Waals surface area contributed by atoms with E-state index in [1.54, 1.807) is 0 Å². The molecule has 112 valence electrons. The third-order valence-corrected chi connectivity index (χ3v) is 4.92. The summed E-state index contributed by atoms with van der Waals surface area (Å²) in [6.45, 7) is 4.04. The van der Waals surface area contributed by atoms with Gasteiger partial charge in [-0.1, -0.05) is 66.8 Å². The van der Waals surface area contributed by atoms with Crippen molar-refractivity contribution in [2.75, 3.05) is 5.75 Å². The lowest BCUT2D eigenvalue weighted by Crippen LogP contribution is -2.29. The number of benzene rings is 1. The predicted octanol–water partition coefficient (Wildman–Crippen LogP) is 3.60. The molecular formula is C15H19N3OS2. The molecule has 1 atom stereocenters. The summed E-state index contributed by atoms with van der Waals surface area (Å²) >= 11 is 2.95. The van der Waals surface area contributed by atoms with Crippen molar-refractivity contribution < 1.29 is 4.79 Å². The van der Waals surface area contributed by atoms with Crippen molar-refractivity contribution in [2.24, 2.45) is 0 Å². The summed E-state index contributed by atoms with van der Waals surface area (Å²) in [4.78, 5) is 12.1. The van der Waals surface area contributed by atoms with E-state index < -0.39 is 0 Å². The van der Waals surface area contributed by atoms with E-state index in [1.165, 1.54) is 23.1 Å². The molecule has 2 aromatic rings. The minimum atomic E-state index is 0.0372. The number of amides is 1. The van der Waals surface area contributed by atoms with Crippen LogP contribution in [0.25, 0.3) is 0 Å². The third-order valence-electron chi connectivity index (χ3n) is 2.95. The number of thioether (sulfide) groups is 1. The number of aryl methyl sites for hydroxylation is 1. The summed E-state index contributed by atoms with van der Waals surface area (Å²) in [5, 5.41) is 12.0. The van der Waals surface area contributed by atoms with Gasteiger partial charge < -0.3 is 5.32 Å². The maximum absolute atomic E-state index is 12.1. The van der Waals surface area contributed by atoms with Crippen molar-refractivity contribution in [3.8, 4) is 0 Å². The van der Waals surface area contributed by atoms with Gasteiger partial charge >= 0.3 is 0 Å². The third kappa shape index (κ3) is 5.13. The molecule has 0 aliphatic heterocycles. The molecule has 0 radical (unpaired) electrons. The first-order chi connectivity index (χ1) is 10.2. The van der Waals surface area contributed by atoms with Crippen LogP contribution in [0.4, 0.5) is 0 Å². The highest BCUT2D eigenvalue weighted by Gasteiger charge is 2.14. The Balaban J connectivity index is 1.89. The summed E-state index contributed by atoms with van der Waals surface area (Å²) in [5.41, 5.74) is 1.16. The summed E-state index contributed by atoms with van der Waals surface area (Å²) in [6, 6.07) is 10.2. The fourth-order valence-electron chi connectivity index (χ4n) is 2.00. The van der Waals surface area contributed by atoms with Gasteiger partial charge in [0.15, 0.2) is 4.34 Å². The fraction of sp³-hybridized carbons (Fsp3) is 0.400. The highest BCUT2D eigenvalue weighted by molar-refractivity contribution is 8.01. The summed E-state index contributed by atoms with van der Waals surface area (Å²) in [5.74, 6) is 0.414. The lowest BCUT2D eigenvalue weighted by atomic mass is 10.0. The van der Waals surface area contributed by atoms with Gasteiger partial charge in [0.1, 0.15) is 5.01 Å². The lowest BCUT2D eigenvalue weighted by Gasteiger charge is -2.18. The molecule has 1 heterocycles. The SMILES string of the molecule is CCC[C@H](NC(=O)CSc1nnc(C)s1)c1ccccc1. The van der Waals surface area contributed by atoms with Crippen LogP contribution in [0.5, 0.6) is 0 Å². The van der Waals surface area contributed by atoms with Crippen LogP contribution in [-0.2, 0) is 4.79 Å². The molecule has 1 N–H and O–H groups in total. The zero-order chi connectivity index (χ0) is 15.1.